The van der Waals surface area contributed by atoms with Crippen molar-refractivity contribution in [2.45, 2.75) is 26.7 Å². The smallest absolute Gasteiger partial charge is 0.277 e. The quantitative estimate of drug-likeness (QED) is 0.349. The lowest BCUT2D eigenvalue weighted by Gasteiger charge is -2.18. The van der Waals surface area contributed by atoms with Gasteiger partial charge in [-0.3, -0.25) is 14.9 Å². The van der Waals surface area contributed by atoms with Gasteiger partial charge in [0.25, 0.3) is 5.69 Å². The monoisotopic (exact) mass is 251 g/mol. The Bertz CT molecular complexity index is 435. The number of carbonyl (C=O) groups is 1. The molecule has 0 aliphatic heterocycles. The van der Waals surface area contributed by atoms with E-state index >= 15 is 0 Å². The summed E-state index contributed by atoms with van der Waals surface area (Å²) in [6.07, 6.45) is 2.43. The maximum Gasteiger partial charge on any atom is 0.297 e. The summed E-state index contributed by atoms with van der Waals surface area (Å²) in [4.78, 5) is 21.6. The number of nitrogens with one attached hydrogen (secondary N) is 1. The Hall–Kier alpha value is -1.95. The third-order valence-corrected chi connectivity index (χ3v) is 2.58. The predicted molar refractivity (Wildman–Crippen MR) is 69.3 cm³/mol. The average molecular weight is 251 g/mol. The highest BCUT2D eigenvalue weighted by Crippen LogP contribution is 2.29. The Kier molecular flexibility index (Phi) is 5.26. The van der Waals surface area contributed by atoms with Crippen LogP contribution in [0, 0.1) is 17.0 Å². The number of benzene rings is 1. The normalized spacial score (nSPS) is 10.1. The Morgan fingerprint density at radius 2 is 2.22 bits per heavy atom. The van der Waals surface area contributed by atoms with E-state index in [1.165, 1.54) is 5.01 Å². The van der Waals surface area contributed by atoms with Crippen LogP contribution in [0.15, 0.2) is 18.2 Å². The van der Waals surface area contributed by atoms with Crippen LogP contribution < -0.4 is 10.4 Å². The van der Waals surface area contributed by atoms with Gasteiger partial charge in [0.15, 0.2) is 0 Å². The molecule has 98 valence electrons. The number of nitrogens with zero attached hydrogens (tertiary/aromatic N) is 2. The SMILES string of the molecule is CCCCNN(C=O)c1cccc(C)c1[N+](=O)[O-]. The van der Waals surface area contributed by atoms with Crippen molar-refractivity contribution in [3.05, 3.63) is 33.9 Å². The van der Waals surface area contributed by atoms with Crippen LogP contribution in [0.4, 0.5) is 11.4 Å². The second-order valence-corrected chi connectivity index (χ2v) is 3.94. The number of hydrogen-bond donors (Lipinski definition) is 1. The first-order valence-corrected chi connectivity index (χ1v) is 5.83. The zero-order chi connectivity index (χ0) is 13.5. The summed E-state index contributed by atoms with van der Waals surface area (Å²) in [6, 6.07) is 4.89. The van der Waals surface area contributed by atoms with Crippen molar-refractivity contribution in [1.82, 2.24) is 5.43 Å². The molecule has 1 aromatic carbocycles. The molecule has 0 radical (unpaired) electrons. The number of hydrogen-bond acceptors (Lipinski definition) is 4. The fourth-order valence-corrected chi connectivity index (χ4v) is 1.63. The lowest BCUT2D eigenvalue weighted by molar-refractivity contribution is -0.384. The van der Waals surface area contributed by atoms with Gasteiger partial charge in [-0.05, 0) is 19.4 Å². The molecule has 0 saturated heterocycles. The zero-order valence-corrected chi connectivity index (χ0v) is 10.5. The lowest BCUT2D eigenvalue weighted by Crippen LogP contribution is -2.38. The van der Waals surface area contributed by atoms with Crippen LogP contribution in [-0.4, -0.2) is 17.9 Å². The summed E-state index contributed by atoms with van der Waals surface area (Å²) >= 11 is 0. The van der Waals surface area contributed by atoms with Gasteiger partial charge in [0, 0.05) is 12.1 Å². The third kappa shape index (κ3) is 3.27. The number of aryl methyl sites for hydroxylation is 1. The first-order chi connectivity index (χ1) is 8.61. The molecule has 1 rings (SSSR count). The van der Waals surface area contributed by atoms with Crippen molar-refractivity contribution in [1.29, 1.82) is 0 Å². The number of para-hydroxylation sites is 1. The van der Waals surface area contributed by atoms with Crippen LogP contribution in [0.25, 0.3) is 0 Å². The maximum absolute atomic E-state index is 11.0. The Morgan fingerprint density at radius 3 is 2.78 bits per heavy atom. The first-order valence-electron chi connectivity index (χ1n) is 5.83. The van der Waals surface area contributed by atoms with Gasteiger partial charge in [0.05, 0.1) is 4.92 Å². The summed E-state index contributed by atoms with van der Waals surface area (Å²) in [7, 11) is 0. The Labute approximate surface area is 106 Å². The second kappa shape index (κ2) is 6.70. The number of amides is 1. The van der Waals surface area contributed by atoms with E-state index in [1.54, 1.807) is 25.1 Å². The van der Waals surface area contributed by atoms with E-state index in [-0.39, 0.29) is 11.4 Å². The number of anilines is 1. The molecular weight excluding hydrogens is 234 g/mol. The maximum atomic E-state index is 11.0. The fraction of sp³-hybridized carbons (Fsp3) is 0.417. The molecule has 1 amide bonds. The fourth-order valence-electron chi connectivity index (χ4n) is 1.63. The second-order valence-electron chi connectivity index (χ2n) is 3.94. The van der Waals surface area contributed by atoms with Gasteiger partial charge >= 0.3 is 0 Å². The predicted octanol–water partition coefficient (Wildman–Crippen LogP) is 2.17. The number of hydrazine groups is 1. The molecule has 0 fully saturated rings. The van der Waals surface area contributed by atoms with Gasteiger partial charge in [0.1, 0.15) is 5.69 Å². The van der Waals surface area contributed by atoms with Crippen molar-refractivity contribution in [2.75, 3.05) is 11.6 Å². The van der Waals surface area contributed by atoms with Gasteiger partial charge in [-0.1, -0.05) is 25.5 Å². The molecule has 1 aromatic rings. The molecule has 1 N–H and O–H groups in total. The minimum absolute atomic E-state index is 0.0476. The van der Waals surface area contributed by atoms with E-state index in [0.29, 0.717) is 18.5 Å². The minimum atomic E-state index is -0.470. The Morgan fingerprint density at radius 1 is 1.50 bits per heavy atom. The molecular formula is C12H17N3O3. The highest BCUT2D eigenvalue weighted by atomic mass is 16.6. The lowest BCUT2D eigenvalue weighted by atomic mass is 10.1. The van der Waals surface area contributed by atoms with E-state index in [2.05, 4.69) is 5.43 Å². The van der Waals surface area contributed by atoms with E-state index in [9.17, 15) is 14.9 Å². The van der Waals surface area contributed by atoms with Gasteiger partial charge in [-0.25, -0.2) is 10.4 Å². The third-order valence-electron chi connectivity index (χ3n) is 2.58. The van der Waals surface area contributed by atoms with E-state index < -0.39 is 4.92 Å². The Balaban J connectivity index is 3.01. The van der Waals surface area contributed by atoms with Gasteiger partial charge in [-0.15, -0.1) is 0 Å². The summed E-state index contributed by atoms with van der Waals surface area (Å²) in [6.45, 7) is 4.28. The molecule has 0 unspecified atom stereocenters. The average Bonchev–Trinajstić information content (AvgIpc) is 2.34. The van der Waals surface area contributed by atoms with Crippen molar-refractivity contribution in [2.24, 2.45) is 0 Å². The van der Waals surface area contributed by atoms with Crippen LogP contribution in [0.3, 0.4) is 0 Å². The van der Waals surface area contributed by atoms with Crippen LogP contribution in [0.2, 0.25) is 0 Å². The molecule has 6 heteroatoms. The van der Waals surface area contributed by atoms with Crippen molar-refractivity contribution >= 4 is 17.8 Å². The number of nitro benzene ring substituents is 1. The summed E-state index contributed by atoms with van der Waals surface area (Å²) in [5.74, 6) is 0. The number of nitro groups is 1. The molecule has 0 atom stereocenters. The highest BCUT2D eigenvalue weighted by Gasteiger charge is 2.21. The van der Waals surface area contributed by atoms with Crippen LogP contribution in [0.1, 0.15) is 25.3 Å². The van der Waals surface area contributed by atoms with E-state index in [1.807, 2.05) is 6.92 Å². The molecule has 0 heterocycles. The van der Waals surface area contributed by atoms with Crippen LogP contribution in [0.5, 0.6) is 0 Å². The number of carbonyl (C=O) groups excluding carboxylic acids is 1. The van der Waals surface area contributed by atoms with E-state index in [0.717, 1.165) is 12.8 Å². The first kappa shape index (κ1) is 14.1. The van der Waals surface area contributed by atoms with Gasteiger partial charge in [0.2, 0.25) is 6.41 Å². The largest absolute Gasteiger partial charge is 0.297 e. The molecule has 18 heavy (non-hydrogen) atoms. The molecule has 6 nitrogen and oxygen atoms in total. The standard InChI is InChI=1S/C12H17N3O3/c1-3-4-8-13-14(9-16)11-7-5-6-10(2)12(11)15(17)18/h5-7,9,13H,3-4,8H2,1-2H3. The molecule has 0 saturated carbocycles. The van der Waals surface area contributed by atoms with Crippen molar-refractivity contribution < 1.29 is 9.72 Å². The van der Waals surface area contributed by atoms with Crippen LogP contribution >= 0.6 is 0 Å². The van der Waals surface area contributed by atoms with Gasteiger partial charge < -0.3 is 0 Å². The summed E-state index contributed by atoms with van der Waals surface area (Å²) in [5, 5.41) is 12.2. The molecule has 0 aromatic heterocycles. The minimum Gasteiger partial charge on any atom is -0.277 e. The highest BCUT2D eigenvalue weighted by molar-refractivity contribution is 5.80. The number of unbranched alkanes of at least 4 members (excludes halogenated alkanes) is 1. The molecule has 0 spiro atoms. The van der Waals surface area contributed by atoms with Crippen molar-refractivity contribution in [3.8, 4) is 0 Å². The van der Waals surface area contributed by atoms with Gasteiger partial charge in [-0.2, -0.15) is 0 Å². The molecule has 0 aliphatic carbocycles. The molecule has 0 bridgehead atoms. The van der Waals surface area contributed by atoms with E-state index in [4.69, 9.17) is 0 Å². The van der Waals surface area contributed by atoms with Crippen LogP contribution in [-0.2, 0) is 4.79 Å². The zero-order valence-electron chi connectivity index (χ0n) is 10.5. The van der Waals surface area contributed by atoms with Crippen molar-refractivity contribution in [3.63, 3.8) is 0 Å². The summed E-state index contributed by atoms with van der Waals surface area (Å²) < 4.78 is 0. The topological polar surface area (TPSA) is 75.5 Å². The molecule has 0 aliphatic rings. The summed E-state index contributed by atoms with van der Waals surface area (Å²) in [5.41, 5.74) is 3.62. The number of rotatable bonds is 7.